The van der Waals surface area contributed by atoms with Crippen molar-refractivity contribution in [2.45, 2.75) is 19.9 Å². The average Bonchev–Trinajstić information content (AvgIpc) is 2.39. The predicted octanol–water partition coefficient (Wildman–Crippen LogP) is 1.24. The van der Waals surface area contributed by atoms with Crippen LogP contribution in [0.15, 0.2) is 30.3 Å². The number of benzene rings is 1. The quantitative estimate of drug-likeness (QED) is 0.641. The molecule has 0 saturated heterocycles. The highest BCUT2D eigenvalue weighted by Crippen LogP contribution is 1.97. The van der Waals surface area contributed by atoms with Crippen molar-refractivity contribution < 1.29 is 14.3 Å². The van der Waals surface area contributed by atoms with E-state index in [0.717, 1.165) is 0 Å². The number of hydrogen-bond acceptors (Lipinski definition) is 4. The molecule has 0 aliphatic rings. The number of hydrogen-bond donors (Lipinski definition) is 2. The van der Waals surface area contributed by atoms with Crippen LogP contribution in [0, 0.1) is 0 Å². The van der Waals surface area contributed by atoms with Gasteiger partial charge in [0.1, 0.15) is 6.04 Å². The minimum atomic E-state index is -0.608. The van der Waals surface area contributed by atoms with Crippen LogP contribution in [0.5, 0.6) is 0 Å². The largest absolute Gasteiger partial charge is 0.464 e. The molecule has 0 aromatic heterocycles. The minimum Gasteiger partial charge on any atom is -0.464 e. The highest BCUT2D eigenvalue weighted by molar-refractivity contribution is 7.80. The zero-order valence-corrected chi connectivity index (χ0v) is 11.6. The molecule has 1 aromatic carbocycles. The van der Waals surface area contributed by atoms with Crippen molar-refractivity contribution in [3.63, 3.8) is 0 Å². The molecule has 0 spiro atoms. The Morgan fingerprint density at radius 2 is 1.95 bits per heavy atom. The molecule has 6 heteroatoms. The van der Waals surface area contributed by atoms with E-state index in [1.54, 1.807) is 38.1 Å². The maximum absolute atomic E-state index is 11.8. The summed E-state index contributed by atoms with van der Waals surface area (Å²) in [6, 6.07) is 8.07. The SMILES string of the molecule is CCOC(=O)C(C)NC(=S)NC(=O)c1ccccc1. The monoisotopic (exact) mass is 280 g/mol. The fourth-order valence-corrected chi connectivity index (χ4v) is 1.59. The van der Waals surface area contributed by atoms with Crippen molar-refractivity contribution in [2.24, 2.45) is 0 Å². The van der Waals surface area contributed by atoms with Crippen LogP contribution in [0.1, 0.15) is 24.2 Å². The summed E-state index contributed by atoms with van der Waals surface area (Å²) in [4.78, 5) is 23.2. The van der Waals surface area contributed by atoms with E-state index in [9.17, 15) is 9.59 Å². The lowest BCUT2D eigenvalue weighted by atomic mass is 10.2. The van der Waals surface area contributed by atoms with E-state index in [4.69, 9.17) is 17.0 Å². The zero-order valence-electron chi connectivity index (χ0n) is 10.8. The third kappa shape index (κ3) is 5.05. The zero-order chi connectivity index (χ0) is 14.3. The van der Waals surface area contributed by atoms with E-state index in [2.05, 4.69) is 10.6 Å². The lowest BCUT2D eigenvalue weighted by Crippen LogP contribution is -2.46. The molecule has 1 atom stereocenters. The van der Waals surface area contributed by atoms with E-state index >= 15 is 0 Å². The van der Waals surface area contributed by atoms with Gasteiger partial charge in [0.15, 0.2) is 5.11 Å². The second-order valence-electron chi connectivity index (χ2n) is 3.77. The van der Waals surface area contributed by atoms with Gasteiger partial charge in [0, 0.05) is 5.56 Å². The number of amides is 1. The molecule has 0 heterocycles. The van der Waals surface area contributed by atoms with Crippen LogP contribution in [0.3, 0.4) is 0 Å². The predicted molar refractivity (Wildman–Crippen MR) is 75.7 cm³/mol. The van der Waals surface area contributed by atoms with Gasteiger partial charge in [-0.3, -0.25) is 10.1 Å². The smallest absolute Gasteiger partial charge is 0.328 e. The second-order valence-corrected chi connectivity index (χ2v) is 4.18. The van der Waals surface area contributed by atoms with Crippen LogP contribution in [-0.2, 0) is 9.53 Å². The van der Waals surface area contributed by atoms with E-state index < -0.39 is 12.0 Å². The average molecular weight is 280 g/mol. The molecule has 2 N–H and O–H groups in total. The van der Waals surface area contributed by atoms with Crippen molar-refractivity contribution in [2.75, 3.05) is 6.61 Å². The maximum Gasteiger partial charge on any atom is 0.328 e. The Hall–Kier alpha value is -1.95. The Kier molecular flexibility index (Phi) is 5.95. The number of ether oxygens (including phenoxy) is 1. The molecule has 0 saturated carbocycles. The molecule has 1 amide bonds. The lowest BCUT2D eigenvalue weighted by molar-refractivity contribution is -0.144. The van der Waals surface area contributed by atoms with Gasteiger partial charge in [-0.05, 0) is 38.2 Å². The molecule has 0 bridgehead atoms. The van der Waals surface area contributed by atoms with Gasteiger partial charge in [0.25, 0.3) is 5.91 Å². The molecule has 0 aliphatic carbocycles. The van der Waals surface area contributed by atoms with Gasteiger partial charge in [-0.2, -0.15) is 0 Å². The lowest BCUT2D eigenvalue weighted by Gasteiger charge is -2.15. The van der Waals surface area contributed by atoms with Gasteiger partial charge >= 0.3 is 5.97 Å². The van der Waals surface area contributed by atoms with E-state index in [1.165, 1.54) is 0 Å². The molecule has 0 fully saturated rings. The van der Waals surface area contributed by atoms with Crippen molar-refractivity contribution in [3.8, 4) is 0 Å². The molecule has 1 aromatic rings. The number of nitrogens with one attached hydrogen (secondary N) is 2. The van der Waals surface area contributed by atoms with Crippen molar-refractivity contribution in [3.05, 3.63) is 35.9 Å². The van der Waals surface area contributed by atoms with Crippen LogP contribution in [0.2, 0.25) is 0 Å². The first-order valence-corrected chi connectivity index (χ1v) is 6.29. The minimum absolute atomic E-state index is 0.0920. The van der Waals surface area contributed by atoms with Crippen LogP contribution in [0.4, 0.5) is 0 Å². The summed E-state index contributed by atoms with van der Waals surface area (Å²) in [6.07, 6.45) is 0. The van der Waals surface area contributed by atoms with Crippen molar-refractivity contribution >= 4 is 29.2 Å². The number of carbonyl (C=O) groups excluding carboxylic acids is 2. The van der Waals surface area contributed by atoms with Crippen LogP contribution in [-0.4, -0.2) is 29.6 Å². The first kappa shape index (κ1) is 15.1. The van der Waals surface area contributed by atoms with Gasteiger partial charge in [0.05, 0.1) is 6.61 Å². The van der Waals surface area contributed by atoms with Gasteiger partial charge in [0.2, 0.25) is 0 Å². The van der Waals surface area contributed by atoms with Gasteiger partial charge < -0.3 is 10.1 Å². The van der Waals surface area contributed by atoms with Gasteiger partial charge in [-0.15, -0.1) is 0 Å². The third-order valence-corrected chi connectivity index (χ3v) is 2.47. The molecule has 0 aliphatic heterocycles. The van der Waals surface area contributed by atoms with E-state index in [0.29, 0.717) is 12.2 Å². The van der Waals surface area contributed by atoms with Crippen LogP contribution < -0.4 is 10.6 Å². The van der Waals surface area contributed by atoms with Crippen molar-refractivity contribution in [1.82, 2.24) is 10.6 Å². The summed E-state index contributed by atoms with van der Waals surface area (Å²) in [5, 5.41) is 5.28. The summed E-state index contributed by atoms with van der Waals surface area (Å²) >= 11 is 4.96. The Balaban J connectivity index is 2.48. The first-order chi connectivity index (χ1) is 9.04. The van der Waals surface area contributed by atoms with E-state index in [1.807, 2.05) is 6.07 Å². The van der Waals surface area contributed by atoms with Gasteiger partial charge in [-0.25, -0.2) is 4.79 Å². The number of esters is 1. The number of carbonyl (C=O) groups is 2. The molecule has 19 heavy (non-hydrogen) atoms. The Morgan fingerprint density at radius 3 is 2.53 bits per heavy atom. The molecular weight excluding hydrogens is 264 g/mol. The summed E-state index contributed by atoms with van der Waals surface area (Å²) in [5.41, 5.74) is 0.496. The van der Waals surface area contributed by atoms with E-state index in [-0.39, 0.29) is 11.0 Å². The third-order valence-electron chi connectivity index (χ3n) is 2.25. The Bertz CT molecular complexity index is 462. The highest BCUT2D eigenvalue weighted by atomic mass is 32.1. The number of thiocarbonyl (C=S) groups is 1. The second kappa shape index (κ2) is 7.48. The fourth-order valence-electron chi connectivity index (χ4n) is 1.32. The maximum atomic E-state index is 11.8. The topological polar surface area (TPSA) is 67.4 Å². The molecular formula is C13H16N2O3S. The molecule has 5 nitrogen and oxygen atoms in total. The normalized spacial score (nSPS) is 11.3. The van der Waals surface area contributed by atoms with Crippen molar-refractivity contribution in [1.29, 1.82) is 0 Å². The molecule has 1 unspecified atom stereocenters. The Labute approximate surface area is 117 Å². The standard InChI is InChI=1S/C13H16N2O3S/c1-3-18-12(17)9(2)14-13(19)15-11(16)10-7-5-4-6-8-10/h4-9H,3H2,1-2H3,(H2,14,15,16,19). The fraction of sp³-hybridized carbons (Fsp3) is 0.308. The molecule has 0 radical (unpaired) electrons. The Morgan fingerprint density at radius 1 is 1.32 bits per heavy atom. The van der Waals surface area contributed by atoms with Gasteiger partial charge in [-0.1, -0.05) is 18.2 Å². The summed E-state index contributed by atoms with van der Waals surface area (Å²) in [7, 11) is 0. The summed E-state index contributed by atoms with van der Waals surface area (Å²) in [5.74, 6) is -0.743. The summed E-state index contributed by atoms with van der Waals surface area (Å²) in [6.45, 7) is 3.63. The molecule has 102 valence electrons. The molecule has 1 rings (SSSR count). The number of rotatable bonds is 4. The van der Waals surface area contributed by atoms with Crippen LogP contribution >= 0.6 is 12.2 Å². The van der Waals surface area contributed by atoms with Crippen LogP contribution in [0.25, 0.3) is 0 Å². The highest BCUT2D eigenvalue weighted by Gasteiger charge is 2.16. The summed E-state index contributed by atoms with van der Waals surface area (Å²) < 4.78 is 4.82. The first-order valence-electron chi connectivity index (χ1n) is 5.88.